The van der Waals surface area contributed by atoms with Gasteiger partial charge in [0.15, 0.2) is 5.11 Å². The number of halogens is 3. The maximum absolute atomic E-state index is 12.6. The van der Waals surface area contributed by atoms with E-state index in [2.05, 4.69) is 21.3 Å². The molecule has 0 aliphatic heterocycles. The van der Waals surface area contributed by atoms with Crippen LogP contribution < -0.4 is 21.3 Å². The van der Waals surface area contributed by atoms with Gasteiger partial charge in [0.2, 0.25) is 9.70 Å². The molecule has 10 heteroatoms. The van der Waals surface area contributed by atoms with E-state index >= 15 is 0 Å². The minimum Gasteiger partial charge on any atom is -0.339 e. The standard InChI is InChI=1S/C19H19Cl3N4O2S/c1-11-5-3-4-6-15(11)16(28)25-17(19(20,21)22)26-18(29)24-14-9-7-13(8-10-14)23-12(2)27/h3-10,17H,1-2H3,(H,23,27)(H,25,28)(H2,24,26,29)/t17-/m1/s1. The Balaban J connectivity index is 2.04. The highest BCUT2D eigenvalue weighted by molar-refractivity contribution is 7.80. The second-order valence-electron chi connectivity index (χ2n) is 6.12. The second-order valence-corrected chi connectivity index (χ2v) is 8.90. The number of hydrogen-bond donors (Lipinski definition) is 4. The summed E-state index contributed by atoms with van der Waals surface area (Å²) in [5, 5.41) is 11.2. The average molecular weight is 474 g/mol. The minimum atomic E-state index is -1.86. The van der Waals surface area contributed by atoms with Gasteiger partial charge in [0, 0.05) is 23.9 Å². The Kier molecular flexibility index (Phi) is 8.10. The predicted molar refractivity (Wildman–Crippen MR) is 123 cm³/mol. The van der Waals surface area contributed by atoms with Crippen molar-refractivity contribution >= 4 is 75.3 Å². The van der Waals surface area contributed by atoms with E-state index in [1.54, 1.807) is 36.4 Å². The van der Waals surface area contributed by atoms with Crippen molar-refractivity contribution in [2.75, 3.05) is 10.6 Å². The van der Waals surface area contributed by atoms with E-state index in [1.165, 1.54) is 6.92 Å². The van der Waals surface area contributed by atoms with E-state index < -0.39 is 15.9 Å². The zero-order chi connectivity index (χ0) is 21.6. The second kappa shape index (κ2) is 10.1. The van der Waals surface area contributed by atoms with Crippen LogP contribution in [-0.2, 0) is 4.79 Å². The van der Waals surface area contributed by atoms with Crippen molar-refractivity contribution in [1.82, 2.24) is 10.6 Å². The third-order valence-corrected chi connectivity index (χ3v) is 4.61. The summed E-state index contributed by atoms with van der Waals surface area (Å²) in [5.74, 6) is -0.577. The van der Waals surface area contributed by atoms with Crippen molar-refractivity contribution in [1.29, 1.82) is 0 Å². The zero-order valence-corrected chi connectivity index (χ0v) is 18.6. The number of benzene rings is 2. The van der Waals surface area contributed by atoms with Gasteiger partial charge in [-0.05, 0) is 55.0 Å². The molecule has 0 bridgehead atoms. The van der Waals surface area contributed by atoms with Gasteiger partial charge in [-0.2, -0.15) is 0 Å². The molecule has 1 atom stereocenters. The molecule has 29 heavy (non-hydrogen) atoms. The molecule has 0 saturated carbocycles. The summed E-state index contributed by atoms with van der Waals surface area (Å²) in [6, 6.07) is 13.9. The maximum Gasteiger partial charge on any atom is 0.253 e. The number of hydrogen-bond acceptors (Lipinski definition) is 3. The Morgan fingerprint density at radius 3 is 2.00 bits per heavy atom. The SMILES string of the molecule is CC(=O)Nc1ccc(NC(=S)N[C@@H](NC(=O)c2ccccc2C)C(Cl)(Cl)Cl)cc1. The lowest BCUT2D eigenvalue weighted by molar-refractivity contribution is -0.114. The van der Waals surface area contributed by atoms with Crippen LogP contribution in [0.1, 0.15) is 22.8 Å². The highest BCUT2D eigenvalue weighted by Gasteiger charge is 2.35. The highest BCUT2D eigenvalue weighted by Crippen LogP contribution is 2.29. The number of alkyl halides is 3. The van der Waals surface area contributed by atoms with E-state index in [-0.39, 0.29) is 11.0 Å². The van der Waals surface area contributed by atoms with Crippen LogP contribution in [0.5, 0.6) is 0 Å². The topological polar surface area (TPSA) is 82.3 Å². The van der Waals surface area contributed by atoms with Crippen molar-refractivity contribution in [2.24, 2.45) is 0 Å². The van der Waals surface area contributed by atoms with Gasteiger partial charge in [-0.3, -0.25) is 9.59 Å². The molecule has 2 aromatic carbocycles. The van der Waals surface area contributed by atoms with Crippen LogP contribution in [0.3, 0.4) is 0 Å². The zero-order valence-electron chi connectivity index (χ0n) is 15.6. The van der Waals surface area contributed by atoms with E-state index in [4.69, 9.17) is 47.0 Å². The van der Waals surface area contributed by atoms with Crippen molar-refractivity contribution in [2.45, 2.75) is 23.8 Å². The summed E-state index contributed by atoms with van der Waals surface area (Å²) in [6.45, 7) is 3.23. The van der Waals surface area contributed by atoms with Crippen molar-refractivity contribution in [3.8, 4) is 0 Å². The molecule has 0 spiro atoms. The van der Waals surface area contributed by atoms with Crippen LogP contribution in [0.4, 0.5) is 11.4 Å². The molecule has 2 rings (SSSR count). The normalized spacial score (nSPS) is 11.9. The number of thiocarbonyl (C=S) groups is 1. The van der Waals surface area contributed by atoms with Crippen LogP contribution in [0, 0.1) is 6.92 Å². The van der Waals surface area contributed by atoms with Crippen LogP contribution in [0.15, 0.2) is 48.5 Å². The Morgan fingerprint density at radius 1 is 0.931 bits per heavy atom. The van der Waals surface area contributed by atoms with E-state index in [0.717, 1.165) is 5.56 Å². The van der Waals surface area contributed by atoms with Gasteiger partial charge in [0.25, 0.3) is 5.91 Å². The molecular weight excluding hydrogens is 455 g/mol. The van der Waals surface area contributed by atoms with E-state index in [1.807, 2.05) is 19.1 Å². The number of rotatable bonds is 5. The maximum atomic E-state index is 12.6. The van der Waals surface area contributed by atoms with Crippen molar-refractivity contribution in [3.05, 3.63) is 59.7 Å². The molecule has 2 aromatic rings. The van der Waals surface area contributed by atoms with Gasteiger partial charge in [-0.25, -0.2) is 0 Å². The number of aryl methyl sites for hydroxylation is 1. The van der Waals surface area contributed by atoms with Crippen LogP contribution in [-0.4, -0.2) is 26.9 Å². The first-order valence-corrected chi connectivity index (χ1v) is 9.99. The summed E-state index contributed by atoms with van der Waals surface area (Å²) in [4.78, 5) is 23.6. The molecule has 0 radical (unpaired) electrons. The third-order valence-electron chi connectivity index (χ3n) is 3.73. The van der Waals surface area contributed by atoms with Gasteiger partial charge >= 0.3 is 0 Å². The Labute approximate surface area is 189 Å². The number of anilines is 2. The molecule has 0 unspecified atom stereocenters. The lowest BCUT2D eigenvalue weighted by Crippen LogP contribution is -2.56. The first-order valence-electron chi connectivity index (χ1n) is 8.44. The highest BCUT2D eigenvalue weighted by atomic mass is 35.6. The molecule has 6 nitrogen and oxygen atoms in total. The van der Waals surface area contributed by atoms with Gasteiger partial charge in [0.1, 0.15) is 6.17 Å². The molecule has 2 amide bonds. The van der Waals surface area contributed by atoms with Gasteiger partial charge in [-0.15, -0.1) is 0 Å². The monoisotopic (exact) mass is 472 g/mol. The molecule has 0 aliphatic rings. The van der Waals surface area contributed by atoms with Crippen LogP contribution in [0.2, 0.25) is 0 Å². The molecular formula is C19H19Cl3N4O2S. The first kappa shape index (κ1) is 23.2. The minimum absolute atomic E-state index is 0.138. The molecule has 0 aromatic heterocycles. The van der Waals surface area contributed by atoms with E-state index in [0.29, 0.717) is 16.9 Å². The van der Waals surface area contributed by atoms with Gasteiger partial charge < -0.3 is 21.3 Å². The third kappa shape index (κ3) is 7.36. The summed E-state index contributed by atoms with van der Waals surface area (Å²) in [6.07, 6.45) is -1.08. The Morgan fingerprint density at radius 2 is 1.48 bits per heavy atom. The Hall–Kier alpha value is -2.06. The number of carbonyl (C=O) groups excluding carboxylic acids is 2. The fourth-order valence-corrected chi connectivity index (χ4v) is 2.94. The fraction of sp³-hybridized carbons (Fsp3) is 0.211. The predicted octanol–water partition coefficient (Wildman–Crippen LogP) is 4.37. The van der Waals surface area contributed by atoms with E-state index in [9.17, 15) is 9.59 Å². The van der Waals surface area contributed by atoms with Crippen molar-refractivity contribution < 1.29 is 9.59 Å². The molecule has 0 heterocycles. The number of carbonyl (C=O) groups is 2. The number of amides is 2. The summed E-state index contributed by atoms with van der Waals surface area (Å²) in [5.41, 5.74) is 2.53. The Bertz CT molecular complexity index is 901. The molecule has 4 N–H and O–H groups in total. The van der Waals surface area contributed by atoms with Crippen molar-refractivity contribution in [3.63, 3.8) is 0 Å². The van der Waals surface area contributed by atoms with Gasteiger partial charge in [-0.1, -0.05) is 53.0 Å². The molecule has 154 valence electrons. The first-order chi connectivity index (χ1) is 13.6. The average Bonchev–Trinajstić information content (AvgIpc) is 2.62. The molecule has 0 aliphatic carbocycles. The molecule has 0 fully saturated rings. The summed E-state index contributed by atoms with van der Waals surface area (Å²) >= 11 is 23.3. The molecule has 0 saturated heterocycles. The largest absolute Gasteiger partial charge is 0.339 e. The fourth-order valence-electron chi connectivity index (χ4n) is 2.37. The summed E-state index contributed by atoms with van der Waals surface area (Å²) < 4.78 is -1.86. The van der Waals surface area contributed by atoms with Gasteiger partial charge in [0.05, 0.1) is 0 Å². The lowest BCUT2D eigenvalue weighted by Gasteiger charge is -2.28. The van der Waals surface area contributed by atoms with Crippen LogP contribution >= 0.6 is 47.0 Å². The van der Waals surface area contributed by atoms with Crippen LogP contribution in [0.25, 0.3) is 0 Å². The lowest BCUT2D eigenvalue weighted by atomic mass is 10.1. The summed E-state index contributed by atoms with van der Waals surface area (Å²) in [7, 11) is 0. The smallest absolute Gasteiger partial charge is 0.253 e. The number of nitrogens with one attached hydrogen (secondary N) is 4. The quantitative estimate of drug-likeness (QED) is 0.295.